The maximum absolute atomic E-state index is 9.76. The van der Waals surface area contributed by atoms with Gasteiger partial charge in [0.1, 0.15) is 6.10 Å². The highest BCUT2D eigenvalue weighted by Gasteiger charge is 2.32. The van der Waals surface area contributed by atoms with Crippen LogP contribution in [0.3, 0.4) is 0 Å². The smallest absolute Gasteiger partial charge is 0.105 e. The number of allylic oxidation sites excluding steroid dienone is 6. The van der Waals surface area contributed by atoms with Crippen LogP contribution in [-0.2, 0) is 0 Å². The zero-order chi connectivity index (χ0) is 8.13. The van der Waals surface area contributed by atoms with Gasteiger partial charge in [-0.25, -0.2) is 0 Å². The second-order valence-corrected chi connectivity index (χ2v) is 3.19. The lowest BCUT2D eigenvalue weighted by molar-refractivity contribution is 0.257. The van der Waals surface area contributed by atoms with E-state index in [1.807, 2.05) is 24.3 Å². The van der Waals surface area contributed by atoms with Crippen LogP contribution in [0.15, 0.2) is 58.7 Å². The molecule has 0 heterocycles. The van der Waals surface area contributed by atoms with E-state index in [0.29, 0.717) is 0 Å². The van der Waals surface area contributed by atoms with Crippen molar-refractivity contribution in [2.75, 3.05) is 0 Å². The summed E-state index contributed by atoms with van der Waals surface area (Å²) < 4.78 is 0. The summed E-state index contributed by atoms with van der Waals surface area (Å²) in [6.07, 6.45) is 11.7. The first-order valence-electron chi connectivity index (χ1n) is 4.07. The molecule has 1 atom stereocenters. The molecule has 0 aromatic carbocycles. The number of rotatable bonds is 0. The first-order chi connectivity index (χ1) is 5.88. The van der Waals surface area contributed by atoms with Crippen LogP contribution in [-0.4, -0.2) is 11.2 Å². The Balaban J connectivity index is 2.35. The Bertz CT molecular complexity index is 403. The molecule has 0 spiro atoms. The minimum atomic E-state index is -0.374. The van der Waals surface area contributed by atoms with Gasteiger partial charge in [0.25, 0.3) is 0 Å². The second-order valence-electron chi connectivity index (χ2n) is 3.19. The molecule has 0 amide bonds. The van der Waals surface area contributed by atoms with Crippen molar-refractivity contribution in [1.29, 1.82) is 0 Å². The fourth-order valence-electron chi connectivity index (χ4n) is 2.00. The molecule has 1 nitrogen and oxygen atoms in total. The first kappa shape index (κ1) is 6.21. The maximum Gasteiger partial charge on any atom is 0.105 e. The van der Waals surface area contributed by atoms with Crippen molar-refractivity contribution in [2.45, 2.75) is 6.10 Å². The van der Waals surface area contributed by atoms with Crippen LogP contribution in [0.25, 0.3) is 0 Å². The minimum Gasteiger partial charge on any atom is -0.384 e. The molecule has 0 aromatic rings. The molecule has 1 heteroatoms. The van der Waals surface area contributed by atoms with Crippen LogP contribution in [0.2, 0.25) is 0 Å². The van der Waals surface area contributed by atoms with Crippen molar-refractivity contribution in [1.82, 2.24) is 0 Å². The van der Waals surface area contributed by atoms with Gasteiger partial charge in [-0.05, 0) is 22.3 Å². The molecule has 0 saturated carbocycles. The number of aliphatic hydroxyl groups is 1. The monoisotopic (exact) mass is 156 g/mol. The SMILES string of the molecule is OC1C2=CC=CC1=C1C=CC=C21. The van der Waals surface area contributed by atoms with Crippen LogP contribution in [0, 0.1) is 0 Å². The molecule has 0 aromatic heterocycles. The van der Waals surface area contributed by atoms with E-state index in [2.05, 4.69) is 12.2 Å². The van der Waals surface area contributed by atoms with E-state index in [9.17, 15) is 5.11 Å². The molecule has 2 bridgehead atoms. The Morgan fingerprint density at radius 3 is 2.83 bits per heavy atom. The third-order valence-electron chi connectivity index (χ3n) is 2.58. The Hall–Kier alpha value is -1.34. The summed E-state index contributed by atoms with van der Waals surface area (Å²) in [5, 5.41) is 9.76. The van der Waals surface area contributed by atoms with Crippen molar-refractivity contribution in [2.24, 2.45) is 0 Å². The van der Waals surface area contributed by atoms with Gasteiger partial charge in [0.2, 0.25) is 0 Å². The topological polar surface area (TPSA) is 20.2 Å². The van der Waals surface area contributed by atoms with E-state index in [-0.39, 0.29) is 6.10 Å². The molecule has 3 aliphatic rings. The van der Waals surface area contributed by atoms with E-state index < -0.39 is 0 Å². The fourth-order valence-corrected chi connectivity index (χ4v) is 2.00. The van der Waals surface area contributed by atoms with Gasteiger partial charge in [-0.15, -0.1) is 0 Å². The molecule has 0 radical (unpaired) electrons. The van der Waals surface area contributed by atoms with Gasteiger partial charge < -0.3 is 5.11 Å². The molecule has 0 saturated heterocycles. The summed E-state index contributed by atoms with van der Waals surface area (Å²) in [5.41, 5.74) is 4.49. The highest BCUT2D eigenvalue weighted by molar-refractivity contribution is 5.72. The third-order valence-corrected chi connectivity index (χ3v) is 2.58. The van der Waals surface area contributed by atoms with Gasteiger partial charge >= 0.3 is 0 Å². The maximum atomic E-state index is 9.76. The van der Waals surface area contributed by atoms with Crippen LogP contribution < -0.4 is 0 Å². The standard InChI is InChI=1S/C11H8O/c12-11-9-5-2-6-10(11)8-4-1-3-7(8)9/h1-6,11-12H. The van der Waals surface area contributed by atoms with Crippen molar-refractivity contribution in [3.63, 3.8) is 0 Å². The van der Waals surface area contributed by atoms with E-state index in [4.69, 9.17) is 0 Å². The van der Waals surface area contributed by atoms with Gasteiger partial charge in [0.05, 0.1) is 0 Å². The quantitative estimate of drug-likeness (QED) is 0.565. The summed E-state index contributed by atoms with van der Waals surface area (Å²) in [6, 6.07) is 0. The van der Waals surface area contributed by atoms with Crippen LogP contribution in [0.4, 0.5) is 0 Å². The highest BCUT2D eigenvalue weighted by atomic mass is 16.3. The lowest BCUT2D eigenvalue weighted by Crippen LogP contribution is -2.09. The van der Waals surface area contributed by atoms with Gasteiger partial charge in [-0.3, -0.25) is 0 Å². The van der Waals surface area contributed by atoms with Gasteiger partial charge in [-0.1, -0.05) is 36.5 Å². The van der Waals surface area contributed by atoms with E-state index in [1.165, 1.54) is 11.1 Å². The largest absolute Gasteiger partial charge is 0.384 e. The predicted octanol–water partition coefficient (Wildman–Crippen LogP) is 1.65. The number of fused-ring (bicyclic) bond motifs is 4. The van der Waals surface area contributed by atoms with E-state index in [0.717, 1.165) is 11.1 Å². The van der Waals surface area contributed by atoms with Crippen LogP contribution in [0.1, 0.15) is 0 Å². The summed E-state index contributed by atoms with van der Waals surface area (Å²) in [6.45, 7) is 0. The average molecular weight is 156 g/mol. The summed E-state index contributed by atoms with van der Waals surface area (Å²) in [7, 11) is 0. The fraction of sp³-hybridized carbons (Fsp3) is 0.0909. The van der Waals surface area contributed by atoms with Gasteiger partial charge in [0.15, 0.2) is 0 Å². The molecular formula is C11H8O. The molecule has 1 unspecified atom stereocenters. The summed E-state index contributed by atoms with van der Waals surface area (Å²) in [5.74, 6) is 0. The lowest BCUT2D eigenvalue weighted by atomic mass is 10.0. The van der Waals surface area contributed by atoms with Crippen LogP contribution in [0.5, 0.6) is 0 Å². The average Bonchev–Trinajstić information content (AvgIpc) is 2.57. The number of hydrogen-bond donors (Lipinski definition) is 1. The second kappa shape index (κ2) is 1.87. The molecule has 0 fully saturated rings. The molecule has 1 N–H and O–H groups in total. The zero-order valence-electron chi connectivity index (χ0n) is 6.49. The zero-order valence-corrected chi connectivity index (χ0v) is 6.49. The Labute approximate surface area is 70.7 Å². The normalized spacial score (nSPS) is 29.2. The molecule has 3 aliphatic carbocycles. The lowest BCUT2D eigenvalue weighted by Gasteiger charge is -2.10. The molecular weight excluding hydrogens is 148 g/mol. The van der Waals surface area contributed by atoms with Gasteiger partial charge in [0, 0.05) is 0 Å². The van der Waals surface area contributed by atoms with Crippen molar-refractivity contribution in [3.8, 4) is 0 Å². The molecule has 0 aliphatic heterocycles. The predicted molar refractivity (Wildman–Crippen MR) is 47.5 cm³/mol. The number of aliphatic hydroxyl groups excluding tert-OH is 1. The van der Waals surface area contributed by atoms with Crippen molar-refractivity contribution in [3.05, 3.63) is 58.7 Å². The Morgan fingerprint density at radius 1 is 1.08 bits per heavy atom. The number of hydrogen-bond acceptors (Lipinski definition) is 1. The van der Waals surface area contributed by atoms with Gasteiger partial charge in [-0.2, -0.15) is 0 Å². The highest BCUT2D eigenvalue weighted by Crippen LogP contribution is 2.42. The molecule has 58 valence electrons. The van der Waals surface area contributed by atoms with Crippen molar-refractivity contribution < 1.29 is 5.11 Å². The van der Waals surface area contributed by atoms with E-state index in [1.54, 1.807) is 0 Å². The summed E-state index contributed by atoms with van der Waals surface area (Å²) in [4.78, 5) is 0. The van der Waals surface area contributed by atoms with Crippen molar-refractivity contribution >= 4 is 0 Å². The first-order valence-corrected chi connectivity index (χ1v) is 4.07. The Kier molecular flexibility index (Phi) is 0.969. The molecule has 3 rings (SSSR count). The summed E-state index contributed by atoms with van der Waals surface area (Å²) >= 11 is 0. The minimum absolute atomic E-state index is 0.374. The molecule has 12 heavy (non-hydrogen) atoms. The third kappa shape index (κ3) is 0.541. The van der Waals surface area contributed by atoms with Crippen LogP contribution >= 0.6 is 0 Å². The Morgan fingerprint density at radius 2 is 1.92 bits per heavy atom. The van der Waals surface area contributed by atoms with E-state index >= 15 is 0 Å².